The zero-order valence-corrected chi connectivity index (χ0v) is 10.3. The lowest BCUT2D eigenvalue weighted by Gasteiger charge is -2.04. The number of aliphatic carboxylic acids is 1. The fraction of sp³-hybridized carbons (Fsp3) is 0.267. The van der Waals surface area contributed by atoms with Gasteiger partial charge in [0.25, 0.3) is 0 Å². The topological polar surface area (TPSA) is 46.5 Å². The standard InChI is InChI=1S/C15H16O3/c1-3-5-13(15(16)17)7-4-6-12-8-10-14(18-2)11-9-12/h1,4,6,8-11,13H,5,7H2,2H3,(H,16,17)/b6-4+/t13-/m0/s1. The number of hydrogen-bond acceptors (Lipinski definition) is 2. The smallest absolute Gasteiger partial charge is 0.307 e. The van der Waals surface area contributed by atoms with Crippen molar-refractivity contribution in [3.05, 3.63) is 35.9 Å². The molecule has 0 bridgehead atoms. The lowest BCUT2D eigenvalue weighted by molar-refractivity contribution is -0.141. The van der Waals surface area contributed by atoms with E-state index in [1.807, 2.05) is 36.4 Å². The molecule has 3 heteroatoms. The van der Waals surface area contributed by atoms with Gasteiger partial charge in [0, 0.05) is 6.42 Å². The van der Waals surface area contributed by atoms with Crippen LogP contribution in [-0.4, -0.2) is 18.2 Å². The Labute approximate surface area is 107 Å². The number of rotatable bonds is 6. The first-order chi connectivity index (χ1) is 8.67. The van der Waals surface area contributed by atoms with Crippen molar-refractivity contribution in [3.63, 3.8) is 0 Å². The monoisotopic (exact) mass is 244 g/mol. The minimum absolute atomic E-state index is 0.252. The van der Waals surface area contributed by atoms with Crippen molar-refractivity contribution in [3.8, 4) is 18.1 Å². The van der Waals surface area contributed by atoms with Crippen molar-refractivity contribution < 1.29 is 14.6 Å². The molecule has 0 unspecified atom stereocenters. The van der Waals surface area contributed by atoms with Gasteiger partial charge in [-0.15, -0.1) is 12.3 Å². The first kappa shape index (κ1) is 13.9. The molecule has 0 aromatic heterocycles. The molecule has 0 saturated carbocycles. The summed E-state index contributed by atoms with van der Waals surface area (Å²) in [5.74, 6) is 1.81. The van der Waals surface area contributed by atoms with E-state index in [4.69, 9.17) is 16.3 Å². The molecule has 3 nitrogen and oxygen atoms in total. The molecule has 1 rings (SSSR count). The largest absolute Gasteiger partial charge is 0.497 e. The molecule has 0 amide bonds. The van der Waals surface area contributed by atoms with Crippen LogP contribution in [0.4, 0.5) is 0 Å². The fourth-order valence-corrected chi connectivity index (χ4v) is 1.50. The van der Waals surface area contributed by atoms with Gasteiger partial charge in [-0.3, -0.25) is 4.79 Å². The highest BCUT2D eigenvalue weighted by Gasteiger charge is 2.13. The number of methoxy groups -OCH3 is 1. The molecule has 0 fully saturated rings. The highest BCUT2D eigenvalue weighted by molar-refractivity contribution is 5.70. The van der Waals surface area contributed by atoms with Crippen molar-refractivity contribution >= 4 is 12.0 Å². The van der Waals surface area contributed by atoms with Crippen molar-refractivity contribution in [1.29, 1.82) is 0 Å². The maximum absolute atomic E-state index is 10.9. The lowest BCUT2D eigenvalue weighted by Crippen LogP contribution is -2.11. The van der Waals surface area contributed by atoms with E-state index >= 15 is 0 Å². The minimum Gasteiger partial charge on any atom is -0.497 e. The Morgan fingerprint density at radius 1 is 1.50 bits per heavy atom. The molecule has 94 valence electrons. The Morgan fingerprint density at radius 3 is 2.67 bits per heavy atom. The zero-order valence-electron chi connectivity index (χ0n) is 10.3. The second kappa shape index (κ2) is 7.18. The van der Waals surface area contributed by atoms with E-state index in [9.17, 15) is 4.79 Å². The third-order valence-electron chi connectivity index (χ3n) is 2.56. The Kier molecular flexibility index (Phi) is 5.53. The van der Waals surface area contributed by atoms with Crippen molar-refractivity contribution in [1.82, 2.24) is 0 Å². The first-order valence-electron chi connectivity index (χ1n) is 5.64. The number of allylic oxidation sites excluding steroid dienone is 1. The maximum atomic E-state index is 10.9. The van der Waals surface area contributed by atoms with Gasteiger partial charge in [0.1, 0.15) is 5.75 Å². The number of ether oxygens (including phenoxy) is 1. The Bertz CT molecular complexity index is 452. The number of carboxylic acid groups (broad SMARTS) is 1. The molecule has 0 radical (unpaired) electrons. The summed E-state index contributed by atoms with van der Waals surface area (Å²) in [5, 5.41) is 8.92. The predicted molar refractivity (Wildman–Crippen MR) is 71.2 cm³/mol. The van der Waals surface area contributed by atoms with Crippen molar-refractivity contribution in [2.45, 2.75) is 12.8 Å². The number of carboxylic acids is 1. The fourth-order valence-electron chi connectivity index (χ4n) is 1.50. The van der Waals surface area contributed by atoms with Crippen molar-refractivity contribution in [2.75, 3.05) is 7.11 Å². The molecule has 1 aromatic rings. The van der Waals surface area contributed by atoms with Gasteiger partial charge in [-0.2, -0.15) is 0 Å². The number of hydrogen-bond donors (Lipinski definition) is 1. The summed E-state index contributed by atoms with van der Waals surface area (Å²) in [5.41, 5.74) is 1.00. The summed E-state index contributed by atoms with van der Waals surface area (Å²) < 4.78 is 5.05. The minimum atomic E-state index is -0.854. The molecule has 0 aliphatic heterocycles. The summed E-state index contributed by atoms with van der Waals surface area (Å²) in [4.78, 5) is 10.9. The van der Waals surface area contributed by atoms with Crippen LogP contribution < -0.4 is 4.74 Å². The van der Waals surface area contributed by atoms with Gasteiger partial charge < -0.3 is 9.84 Å². The van der Waals surface area contributed by atoms with Gasteiger partial charge in [0.05, 0.1) is 13.0 Å². The second-order valence-electron chi connectivity index (χ2n) is 3.85. The van der Waals surface area contributed by atoms with Gasteiger partial charge in [0.15, 0.2) is 0 Å². The van der Waals surface area contributed by atoms with E-state index in [0.717, 1.165) is 11.3 Å². The van der Waals surface area contributed by atoms with E-state index < -0.39 is 11.9 Å². The molecular weight excluding hydrogens is 228 g/mol. The van der Waals surface area contributed by atoms with Crippen LogP contribution in [0.3, 0.4) is 0 Å². The van der Waals surface area contributed by atoms with Crippen LogP contribution in [0.25, 0.3) is 6.08 Å². The van der Waals surface area contributed by atoms with Gasteiger partial charge in [-0.25, -0.2) is 0 Å². The first-order valence-corrected chi connectivity index (χ1v) is 5.64. The summed E-state index contributed by atoms with van der Waals surface area (Å²) in [7, 11) is 1.61. The van der Waals surface area contributed by atoms with Crippen LogP contribution in [0.1, 0.15) is 18.4 Å². The highest BCUT2D eigenvalue weighted by atomic mass is 16.5. The molecule has 1 N–H and O–H groups in total. The number of carbonyl (C=O) groups is 1. The highest BCUT2D eigenvalue weighted by Crippen LogP contribution is 2.14. The van der Waals surface area contributed by atoms with E-state index in [1.165, 1.54) is 0 Å². The number of terminal acetylenes is 1. The third kappa shape index (κ3) is 4.34. The van der Waals surface area contributed by atoms with Crippen molar-refractivity contribution in [2.24, 2.45) is 5.92 Å². The van der Waals surface area contributed by atoms with Crippen LogP contribution in [0, 0.1) is 18.3 Å². The maximum Gasteiger partial charge on any atom is 0.307 e. The third-order valence-corrected chi connectivity index (χ3v) is 2.56. The SMILES string of the molecule is C#CC[C@@H](C/C=C/c1ccc(OC)cc1)C(=O)O. The Balaban J connectivity index is 2.58. The van der Waals surface area contributed by atoms with Gasteiger partial charge >= 0.3 is 5.97 Å². The summed E-state index contributed by atoms with van der Waals surface area (Å²) >= 11 is 0. The lowest BCUT2D eigenvalue weighted by atomic mass is 10.0. The van der Waals surface area contributed by atoms with Crippen LogP contribution in [0.15, 0.2) is 30.3 Å². The zero-order chi connectivity index (χ0) is 13.4. The van der Waals surface area contributed by atoms with E-state index in [0.29, 0.717) is 6.42 Å². The molecule has 1 atom stereocenters. The van der Waals surface area contributed by atoms with E-state index in [1.54, 1.807) is 7.11 Å². The molecule has 1 aromatic carbocycles. The van der Waals surface area contributed by atoms with E-state index in [2.05, 4.69) is 5.92 Å². The molecule has 0 heterocycles. The average Bonchev–Trinajstić information content (AvgIpc) is 2.38. The molecule has 0 spiro atoms. The van der Waals surface area contributed by atoms with Crippen LogP contribution in [0.5, 0.6) is 5.75 Å². The molecule has 0 saturated heterocycles. The predicted octanol–water partition coefficient (Wildman–Crippen LogP) is 2.82. The Hall–Kier alpha value is -2.21. The van der Waals surface area contributed by atoms with Crippen LogP contribution in [0.2, 0.25) is 0 Å². The summed E-state index contributed by atoms with van der Waals surface area (Å²) in [6.07, 6.45) is 9.53. The summed E-state index contributed by atoms with van der Waals surface area (Å²) in [6, 6.07) is 7.53. The normalized spacial score (nSPS) is 12.0. The molecule has 18 heavy (non-hydrogen) atoms. The van der Waals surface area contributed by atoms with E-state index in [-0.39, 0.29) is 6.42 Å². The molecule has 0 aliphatic rings. The van der Waals surface area contributed by atoms with Gasteiger partial charge in [-0.1, -0.05) is 24.3 Å². The summed E-state index contributed by atoms with van der Waals surface area (Å²) in [6.45, 7) is 0. The average molecular weight is 244 g/mol. The number of benzene rings is 1. The van der Waals surface area contributed by atoms with Crippen LogP contribution >= 0.6 is 0 Å². The van der Waals surface area contributed by atoms with Crippen LogP contribution in [-0.2, 0) is 4.79 Å². The quantitative estimate of drug-likeness (QED) is 0.783. The van der Waals surface area contributed by atoms with Gasteiger partial charge in [-0.05, 0) is 24.1 Å². The second-order valence-corrected chi connectivity index (χ2v) is 3.85. The Morgan fingerprint density at radius 2 is 2.17 bits per heavy atom. The molecular formula is C15H16O3. The van der Waals surface area contributed by atoms with Gasteiger partial charge in [0.2, 0.25) is 0 Å². The molecule has 0 aliphatic carbocycles.